The first-order valence-corrected chi connectivity index (χ1v) is 8.19. The van der Waals surface area contributed by atoms with Crippen LogP contribution in [-0.2, 0) is 9.47 Å². The number of allylic oxidation sites excluding steroid dienone is 3. The third kappa shape index (κ3) is 2.24. The molecular formula is C17H21BrO3. The fourth-order valence-electron chi connectivity index (χ4n) is 3.65. The maximum Gasteiger partial charge on any atom is 0.150 e. The molecule has 1 atom stereocenters. The van der Waals surface area contributed by atoms with Gasteiger partial charge in [0.05, 0.1) is 6.10 Å². The molecule has 0 bridgehead atoms. The van der Waals surface area contributed by atoms with Crippen molar-refractivity contribution in [2.24, 2.45) is 0 Å². The third-order valence-corrected chi connectivity index (χ3v) is 5.48. The Hall–Kier alpha value is -0.840. The molecular weight excluding hydrogens is 332 g/mol. The monoisotopic (exact) mass is 352 g/mol. The van der Waals surface area contributed by atoms with Gasteiger partial charge in [0.2, 0.25) is 0 Å². The molecule has 0 amide bonds. The molecule has 0 aromatic carbocycles. The van der Waals surface area contributed by atoms with Gasteiger partial charge in [0.25, 0.3) is 0 Å². The molecule has 0 aromatic rings. The normalized spacial score (nSPS) is 38.8. The second-order valence-corrected chi connectivity index (χ2v) is 7.00. The number of halogens is 1. The van der Waals surface area contributed by atoms with Gasteiger partial charge in [0, 0.05) is 12.7 Å². The van der Waals surface area contributed by atoms with Crippen molar-refractivity contribution >= 4 is 15.9 Å². The maximum absolute atomic E-state index is 11.3. The Kier molecular flexibility index (Phi) is 3.89. The van der Waals surface area contributed by atoms with Gasteiger partial charge in [-0.05, 0) is 48.7 Å². The molecule has 1 fully saturated rings. The minimum atomic E-state index is -1.14. The SMILES string of the molecule is C=CC1(O)C2=C(C=CCC(Br)=C2)OC12CCC(OC)CC2. The van der Waals surface area contributed by atoms with Gasteiger partial charge >= 0.3 is 0 Å². The van der Waals surface area contributed by atoms with Crippen LogP contribution in [0.25, 0.3) is 0 Å². The smallest absolute Gasteiger partial charge is 0.150 e. The summed E-state index contributed by atoms with van der Waals surface area (Å²) in [7, 11) is 1.74. The molecule has 1 unspecified atom stereocenters. The molecule has 3 nitrogen and oxygen atoms in total. The summed E-state index contributed by atoms with van der Waals surface area (Å²) >= 11 is 3.54. The number of hydrogen-bond acceptors (Lipinski definition) is 3. The molecule has 1 saturated carbocycles. The van der Waals surface area contributed by atoms with Gasteiger partial charge in [0.15, 0.2) is 5.60 Å². The fraction of sp³-hybridized carbons (Fsp3) is 0.529. The van der Waals surface area contributed by atoms with Crippen LogP contribution >= 0.6 is 15.9 Å². The lowest BCUT2D eigenvalue weighted by atomic mass is 9.70. The van der Waals surface area contributed by atoms with Crippen LogP contribution in [0.3, 0.4) is 0 Å². The molecule has 0 aromatic heterocycles. The molecule has 1 spiro atoms. The van der Waals surface area contributed by atoms with Crippen molar-refractivity contribution in [3.05, 3.63) is 46.7 Å². The number of rotatable bonds is 2. The van der Waals surface area contributed by atoms with Crippen LogP contribution in [0.4, 0.5) is 0 Å². The molecule has 21 heavy (non-hydrogen) atoms. The highest BCUT2D eigenvalue weighted by atomic mass is 79.9. The lowest BCUT2D eigenvalue weighted by Gasteiger charge is -2.44. The van der Waals surface area contributed by atoms with Crippen molar-refractivity contribution in [1.29, 1.82) is 0 Å². The molecule has 4 heteroatoms. The molecule has 1 heterocycles. The molecule has 0 saturated heterocycles. The topological polar surface area (TPSA) is 38.7 Å². The van der Waals surface area contributed by atoms with E-state index in [2.05, 4.69) is 22.5 Å². The molecule has 3 aliphatic rings. The Bertz CT molecular complexity index is 538. The molecule has 0 radical (unpaired) electrons. The average Bonchev–Trinajstić information content (AvgIpc) is 2.62. The van der Waals surface area contributed by atoms with Crippen molar-refractivity contribution in [2.45, 2.75) is 49.4 Å². The number of hydrogen-bond donors (Lipinski definition) is 1. The fourth-order valence-corrected chi connectivity index (χ4v) is 4.06. The Morgan fingerprint density at radius 2 is 2.19 bits per heavy atom. The second-order valence-electron chi connectivity index (χ2n) is 5.98. The summed E-state index contributed by atoms with van der Waals surface area (Å²) in [4.78, 5) is 0. The summed E-state index contributed by atoms with van der Waals surface area (Å²) in [6.07, 6.45) is 12.0. The van der Waals surface area contributed by atoms with Crippen molar-refractivity contribution in [3.63, 3.8) is 0 Å². The van der Waals surface area contributed by atoms with E-state index in [9.17, 15) is 5.11 Å². The minimum Gasteiger partial charge on any atom is -0.483 e. The summed E-state index contributed by atoms with van der Waals surface area (Å²) < 4.78 is 12.8. The van der Waals surface area contributed by atoms with Crippen LogP contribution in [0.5, 0.6) is 0 Å². The Labute approximate surface area is 134 Å². The van der Waals surface area contributed by atoms with Gasteiger partial charge in [0.1, 0.15) is 11.4 Å². The highest BCUT2D eigenvalue weighted by molar-refractivity contribution is 9.11. The third-order valence-electron chi connectivity index (χ3n) is 4.93. The van der Waals surface area contributed by atoms with Gasteiger partial charge in [-0.15, -0.1) is 0 Å². The summed E-state index contributed by atoms with van der Waals surface area (Å²) in [6, 6.07) is 0. The van der Waals surface area contributed by atoms with Crippen molar-refractivity contribution in [3.8, 4) is 0 Å². The molecule has 114 valence electrons. The Morgan fingerprint density at radius 1 is 1.48 bits per heavy atom. The zero-order chi connectivity index (χ0) is 15.1. The summed E-state index contributed by atoms with van der Waals surface area (Å²) in [6.45, 7) is 3.89. The van der Waals surface area contributed by atoms with Crippen LogP contribution in [0.1, 0.15) is 32.1 Å². The minimum absolute atomic E-state index is 0.256. The van der Waals surface area contributed by atoms with E-state index in [0.717, 1.165) is 47.9 Å². The highest BCUT2D eigenvalue weighted by Crippen LogP contribution is 2.53. The van der Waals surface area contributed by atoms with Gasteiger partial charge in [-0.2, -0.15) is 0 Å². The van der Waals surface area contributed by atoms with Gasteiger partial charge in [-0.1, -0.05) is 34.7 Å². The van der Waals surface area contributed by atoms with E-state index < -0.39 is 11.2 Å². The van der Waals surface area contributed by atoms with Gasteiger partial charge in [-0.3, -0.25) is 0 Å². The van der Waals surface area contributed by atoms with Gasteiger partial charge in [-0.25, -0.2) is 0 Å². The molecule has 2 aliphatic carbocycles. The standard InChI is InChI=1S/C17H21BrO3/c1-3-17(19)14-11-12(18)5-4-6-15(14)21-16(17)9-7-13(20-2)8-10-16/h3-4,6,11,13,19H,1,5,7-10H2,2H3. The van der Waals surface area contributed by atoms with Gasteiger partial charge < -0.3 is 14.6 Å². The predicted molar refractivity (Wildman–Crippen MR) is 86.0 cm³/mol. The van der Waals surface area contributed by atoms with E-state index >= 15 is 0 Å². The van der Waals surface area contributed by atoms with E-state index in [4.69, 9.17) is 9.47 Å². The van der Waals surface area contributed by atoms with Crippen LogP contribution < -0.4 is 0 Å². The van der Waals surface area contributed by atoms with E-state index in [1.165, 1.54) is 0 Å². The number of ether oxygens (including phenoxy) is 2. The summed E-state index contributed by atoms with van der Waals surface area (Å²) in [5.41, 5.74) is -0.941. The molecule has 1 N–H and O–H groups in total. The first-order chi connectivity index (χ1) is 10.0. The summed E-state index contributed by atoms with van der Waals surface area (Å²) in [5.74, 6) is 0.766. The first kappa shape index (κ1) is 15.1. The van der Waals surface area contributed by atoms with Crippen molar-refractivity contribution in [1.82, 2.24) is 0 Å². The van der Waals surface area contributed by atoms with Crippen LogP contribution in [0.15, 0.2) is 46.7 Å². The number of aliphatic hydroxyl groups is 1. The lowest BCUT2D eigenvalue weighted by Crippen LogP contribution is -2.54. The highest BCUT2D eigenvalue weighted by Gasteiger charge is 2.59. The van der Waals surface area contributed by atoms with Crippen LogP contribution in [-0.4, -0.2) is 29.5 Å². The first-order valence-electron chi connectivity index (χ1n) is 7.40. The second kappa shape index (κ2) is 5.41. The zero-order valence-electron chi connectivity index (χ0n) is 12.3. The van der Waals surface area contributed by atoms with Crippen LogP contribution in [0.2, 0.25) is 0 Å². The lowest BCUT2D eigenvalue weighted by molar-refractivity contribution is -0.125. The zero-order valence-corrected chi connectivity index (χ0v) is 13.9. The molecule has 1 aliphatic heterocycles. The van der Waals surface area contributed by atoms with E-state index in [-0.39, 0.29) is 6.10 Å². The Morgan fingerprint density at radius 3 is 2.81 bits per heavy atom. The largest absolute Gasteiger partial charge is 0.483 e. The summed E-state index contributed by atoms with van der Waals surface area (Å²) in [5, 5.41) is 11.3. The Balaban J connectivity index is 1.99. The van der Waals surface area contributed by atoms with Crippen molar-refractivity contribution in [2.75, 3.05) is 7.11 Å². The maximum atomic E-state index is 11.3. The predicted octanol–water partition coefficient (Wildman–Crippen LogP) is 3.75. The van der Waals surface area contributed by atoms with Crippen molar-refractivity contribution < 1.29 is 14.6 Å². The van der Waals surface area contributed by atoms with E-state index in [1.807, 2.05) is 18.2 Å². The van der Waals surface area contributed by atoms with E-state index in [1.54, 1.807) is 13.2 Å². The van der Waals surface area contributed by atoms with E-state index in [0.29, 0.717) is 0 Å². The average molecular weight is 353 g/mol. The number of methoxy groups -OCH3 is 1. The van der Waals surface area contributed by atoms with Crippen LogP contribution in [0, 0.1) is 0 Å². The quantitative estimate of drug-likeness (QED) is 0.769. The molecule has 3 rings (SSSR count).